The molecule has 0 radical (unpaired) electrons. The molecule has 0 fully saturated rings. The smallest absolute Gasteiger partial charge is 0.287 e. The van der Waals surface area contributed by atoms with Gasteiger partial charge >= 0.3 is 0 Å². The molecule has 1 aromatic rings. The molecule has 0 saturated carbocycles. The Balaban J connectivity index is 2.97. The lowest BCUT2D eigenvalue weighted by atomic mass is 9.93. The van der Waals surface area contributed by atoms with E-state index in [4.69, 9.17) is 10.00 Å². The lowest BCUT2D eigenvalue weighted by Crippen LogP contribution is -2.22. The van der Waals surface area contributed by atoms with Crippen LogP contribution in [-0.4, -0.2) is 0 Å². The third kappa shape index (κ3) is 2.00. The summed E-state index contributed by atoms with van der Waals surface area (Å²) in [7, 11) is 0. The Morgan fingerprint density at radius 2 is 2.00 bits per heavy atom. The molecule has 0 aliphatic heterocycles. The van der Waals surface area contributed by atoms with E-state index in [0.717, 1.165) is 12.0 Å². The van der Waals surface area contributed by atoms with E-state index in [0.29, 0.717) is 0 Å². The van der Waals surface area contributed by atoms with Crippen LogP contribution >= 0.6 is 0 Å². The lowest BCUT2D eigenvalue weighted by Gasteiger charge is -2.25. The second kappa shape index (κ2) is 3.95. The molecule has 1 aromatic carbocycles. The van der Waals surface area contributed by atoms with Gasteiger partial charge in [-0.15, -0.1) is 0 Å². The topological polar surface area (TPSA) is 33.0 Å². The fourth-order valence-electron chi connectivity index (χ4n) is 1.23. The average molecular weight is 175 g/mol. The fraction of sp³-hybridized carbons (Fsp3) is 0.364. The van der Waals surface area contributed by atoms with E-state index < -0.39 is 5.60 Å². The Hall–Kier alpha value is -1.49. The largest absolute Gasteiger partial charge is 0.416 e. The van der Waals surface area contributed by atoms with Crippen LogP contribution in [0.2, 0.25) is 0 Å². The molecule has 0 aromatic heterocycles. The number of nitriles is 1. The van der Waals surface area contributed by atoms with Gasteiger partial charge in [-0.05, 0) is 18.9 Å². The SMILES string of the molecule is CCC(C)(OC#N)c1ccccc1. The minimum atomic E-state index is -0.476. The minimum absolute atomic E-state index is 0.476. The average Bonchev–Trinajstić information content (AvgIpc) is 2.19. The summed E-state index contributed by atoms with van der Waals surface area (Å²) in [5.74, 6) is 0. The highest BCUT2D eigenvalue weighted by atomic mass is 16.5. The summed E-state index contributed by atoms with van der Waals surface area (Å²) in [5, 5.41) is 8.52. The van der Waals surface area contributed by atoms with Gasteiger partial charge in [0.15, 0.2) is 0 Å². The van der Waals surface area contributed by atoms with Crippen molar-refractivity contribution in [2.45, 2.75) is 25.9 Å². The first-order valence-corrected chi connectivity index (χ1v) is 4.35. The summed E-state index contributed by atoms with van der Waals surface area (Å²) in [4.78, 5) is 0. The Morgan fingerprint density at radius 1 is 1.38 bits per heavy atom. The molecule has 0 spiro atoms. The van der Waals surface area contributed by atoms with Gasteiger partial charge in [-0.1, -0.05) is 37.3 Å². The number of hydrogen-bond donors (Lipinski definition) is 0. The standard InChI is InChI=1S/C11H13NO/c1-3-11(2,13-9-12)10-7-5-4-6-8-10/h4-8H,3H2,1-2H3. The highest BCUT2D eigenvalue weighted by molar-refractivity contribution is 5.21. The summed E-state index contributed by atoms with van der Waals surface area (Å²) in [6.07, 6.45) is 2.54. The maximum Gasteiger partial charge on any atom is 0.287 e. The first kappa shape index (κ1) is 9.60. The maximum absolute atomic E-state index is 8.52. The Labute approximate surface area is 78.8 Å². The van der Waals surface area contributed by atoms with Crippen molar-refractivity contribution in [3.05, 3.63) is 35.9 Å². The van der Waals surface area contributed by atoms with Crippen molar-refractivity contribution in [1.82, 2.24) is 0 Å². The van der Waals surface area contributed by atoms with Gasteiger partial charge in [-0.2, -0.15) is 5.26 Å². The van der Waals surface area contributed by atoms with E-state index in [1.807, 2.05) is 44.2 Å². The molecule has 0 aliphatic rings. The van der Waals surface area contributed by atoms with Crippen LogP contribution in [0.4, 0.5) is 0 Å². The highest BCUT2D eigenvalue weighted by Gasteiger charge is 2.25. The fourth-order valence-corrected chi connectivity index (χ4v) is 1.23. The molecule has 1 atom stereocenters. The zero-order chi connectivity index (χ0) is 9.73. The van der Waals surface area contributed by atoms with Gasteiger partial charge in [-0.3, -0.25) is 0 Å². The molecule has 2 heteroatoms. The van der Waals surface area contributed by atoms with Crippen molar-refractivity contribution in [3.63, 3.8) is 0 Å². The van der Waals surface area contributed by atoms with Gasteiger partial charge in [-0.25, -0.2) is 0 Å². The normalized spacial score (nSPS) is 14.2. The van der Waals surface area contributed by atoms with Crippen molar-refractivity contribution < 1.29 is 4.74 Å². The maximum atomic E-state index is 8.52. The van der Waals surface area contributed by atoms with E-state index in [-0.39, 0.29) is 0 Å². The lowest BCUT2D eigenvalue weighted by molar-refractivity contribution is 0.0463. The van der Waals surface area contributed by atoms with Gasteiger partial charge in [0.25, 0.3) is 6.26 Å². The predicted molar refractivity (Wildman–Crippen MR) is 50.8 cm³/mol. The molecular formula is C11H13NO. The molecule has 68 valence electrons. The first-order chi connectivity index (χ1) is 6.23. The van der Waals surface area contributed by atoms with Crippen LogP contribution in [0.25, 0.3) is 0 Å². The number of benzene rings is 1. The number of ether oxygens (including phenoxy) is 1. The zero-order valence-electron chi connectivity index (χ0n) is 7.95. The molecular weight excluding hydrogens is 162 g/mol. The molecule has 0 saturated heterocycles. The van der Waals surface area contributed by atoms with Crippen LogP contribution in [0, 0.1) is 11.5 Å². The highest BCUT2D eigenvalue weighted by Crippen LogP contribution is 2.27. The van der Waals surface area contributed by atoms with E-state index in [1.165, 1.54) is 0 Å². The summed E-state index contributed by atoms with van der Waals surface area (Å²) in [6.45, 7) is 3.93. The van der Waals surface area contributed by atoms with Gasteiger partial charge in [0, 0.05) is 0 Å². The van der Waals surface area contributed by atoms with Gasteiger partial charge in [0.05, 0.1) is 0 Å². The van der Waals surface area contributed by atoms with Crippen LogP contribution in [-0.2, 0) is 10.3 Å². The molecule has 0 bridgehead atoms. The van der Waals surface area contributed by atoms with Crippen LogP contribution in [0.3, 0.4) is 0 Å². The molecule has 0 N–H and O–H groups in total. The van der Waals surface area contributed by atoms with Gasteiger partial charge < -0.3 is 4.74 Å². The summed E-state index contributed by atoms with van der Waals surface area (Å²) >= 11 is 0. The minimum Gasteiger partial charge on any atom is -0.416 e. The van der Waals surface area contributed by atoms with Crippen molar-refractivity contribution >= 4 is 0 Å². The van der Waals surface area contributed by atoms with Gasteiger partial charge in [0.1, 0.15) is 5.60 Å². The van der Waals surface area contributed by atoms with E-state index in [9.17, 15) is 0 Å². The molecule has 2 nitrogen and oxygen atoms in total. The van der Waals surface area contributed by atoms with Crippen LogP contribution in [0.15, 0.2) is 30.3 Å². The van der Waals surface area contributed by atoms with E-state index >= 15 is 0 Å². The monoisotopic (exact) mass is 175 g/mol. The van der Waals surface area contributed by atoms with E-state index in [1.54, 1.807) is 6.26 Å². The van der Waals surface area contributed by atoms with E-state index in [2.05, 4.69) is 0 Å². The first-order valence-electron chi connectivity index (χ1n) is 4.35. The third-order valence-corrected chi connectivity index (χ3v) is 2.33. The Kier molecular flexibility index (Phi) is 2.92. The van der Waals surface area contributed by atoms with Crippen molar-refractivity contribution in [2.75, 3.05) is 0 Å². The van der Waals surface area contributed by atoms with Gasteiger partial charge in [0.2, 0.25) is 0 Å². The zero-order valence-corrected chi connectivity index (χ0v) is 7.95. The number of rotatable bonds is 3. The second-order valence-electron chi connectivity index (χ2n) is 3.14. The molecule has 0 aliphatic carbocycles. The molecule has 1 rings (SSSR count). The van der Waals surface area contributed by atoms with Crippen molar-refractivity contribution in [1.29, 1.82) is 5.26 Å². The number of nitrogens with zero attached hydrogens (tertiary/aromatic N) is 1. The summed E-state index contributed by atoms with van der Waals surface area (Å²) in [6, 6.07) is 9.79. The van der Waals surface area contributed by atoms with Crippen LogP contribution in [0.5, 0.6) is 0 Å². The molecule has 1 unspecified atom stereocenters. The molecule has 0 heterocycles. The van der Waals surface area contributed by atoms with Crippen molar-refractivity contribution in [2.24, 2.45) is 0 Å². The Morgan fingerprint density at radius 3 is 2.46 bits per heavy atom. The van der Waals surface area contributed by atoms with Crippen LogP contribution in [0.1, 0.15) is 25.8 Å². The Bertz CT molecular complexity index is 302. The third-order valence-electron chi connectivity index (χ3n) is 2.33. The second-order valence-corrected chi connectivity index (χ2v) is 3.14. The molecule has 0 amide bonds. The van der Waals surface area contributed by atoms with Crippen molar-refractivity contribution in [3.8, 4) is 6.26 Å². The predicted octanol–water partition coefficient (Wildman–Crippen LogP) is 2.81. The summed E-state index contributed by atoms with van der Waals surface area (Å²) < 4.78 is 5.07. The summed E-state index contributed by atoms with van der Waals surface area (Å²) in [5.41, 5.74) is 0.565. The molecule has 13 heavy (non-hydrogen) atoms. The van der Waals surface area contributed by atoms with Crippen LogP contribution < -0.4 is 0 Å². The number of hydrogen-bond acceptors (Lipinski definition) is 2. The quantitative estimate of drug-likeness (QED) is 0.662.